The van der Waals surface area contributed by atoms with E-state index >= 15 is 0 Å². The van der Waals surface area contributed by atoms with E-state index in [4.69, 9.17) is 11.6 Å². The summed E-state index contributed by atoms with van der Waals surface area (Å²) in [6.07, 6.45) is 2.29. The van der Waals surface area contributed by atoms with Crippen LogP contribution < -0.4 is 10.0 Å². The first-order chi connectivity index (χ1) is 13.5. The van der Waals surface area contributed by atoms with Crippen molar-refractivity contribution in [3.8, 4) is 0 Å². The molecule has 0 spiro atoms. The molecule has 0 fully saturated rings. The second-order valence-corrected chi connectivity index (χ2v) is 7.97. The Morgan fingerprint density at radius 2 is 1.79 bits per heavy atom. The molecule has 0 amide bonds. The lowest BCUT2D eigenvalue weighted by atomic mass is 10.3. The van der Waals surface area contributed by atoms with Gasteiger partial charge in [0.1, 0.15) is 0 Å². The Balaban J connectivity index is 1.80. The molecule has 0 unspecified atom stereocenters. The predicted molar refractivity (Wildman–Crippen MR) is 112 cm³/mol. The minimum absolute atomic E-state index is 0.113. The highest BCUT2D eigenvalue weighted by Gasteiger charge is 2.16. The fourth-order valence-electron chi connectivity index (χ4n) is 2.41. The molecular weight excluding hydrogens is 396 g/mol. The van der Waals surface area contributed by atoms with Crippen LogP contribution in [0.2, 0.25) is 5.02 Å². The molecule has 28 heavy (non-hydrogen) atoms. The van der Waals surface area contributed by atoms with Gasteiger partial charge in [-0.05, 0) is 42.5 Å². The quantitative estimate of drug-likeness (QED) is 0.475. The van der Waals surface area contributed by atoms with E-state index < -0.39 is 10.0 Å². The fraction of sp³-hybridized carbons (Fsp3) is 0.100. The number of aliphatic imine (C=N–C) groups is 1. The lowest BCUT2D eigenvalue weighted by Crippen LogP contribution is -2.36. The second-order valence-electron chi connectivity index (χ2n) is 5.86. The van der Waals surface area contributed by atoms with Crippen LogP contribution >= 0.6 is 11.6 Å². The number of guanidine groups is 1. The van der Waals surface area contributed by atoms with Gasteiger partial charge in [-0.15, -0.1) is 0 Å². The molecule has 0 radical (unpaired) electrons. The van der Waals surface area contributed by atoms with E-state index in [0.717, 1.165) is 5.69 Å². The zero-order valence-corrected chi connectivity index (χ0v) is 16.5. The van der Waals surface area contributed by atoms with Gasteiger partial charge in [-0.3, -0.25) is 9.98 Å². The third kappa shape index (κ3) is 5.80. The smallest absolute Gasteiger partial charge is 0.264 e. The van der Waals surface area contributed by atoms with Gasteiger partial charge in [0.05, 0.1) is 4.90 Å². The summed E-state index contributed by atoms with van der Waals surface area (Å²) in [5.41, 5.74) is 1.50. The monoisotopic (exact) mass is 414 g/mol. The van der Waals surface area contributed by atoms with E-state index in [1.807, 2.05) is 18.2 Å². The Morgan fingerprint density at radius 1 is 1.00 bits per heavy atom. The summed E-state index contributed by atoms with van der Waals surface area (Å²) < 4.78 is 27.8. The van der Waals surface area contributed by atoms with E-state index in [9.17, 15) is 8.42 Å². The Hall–Kier alpha value is -2.90. The van der Waals surface area contributed by atoms with Crippen molar-refractivity contribution >= 4 is 33.3 Å². The van der Waals surface area contributed by atoms with Crippen molar-refractivity contribution in [2.75, 3.05) is 11.9 Å². The first kappa shape index (κ1) is 19.9. The van der Waals surface area contributed by atoms with Crippen molar-refractivity contribution in [1.29, 1.82) is 0 Å². The molecule has 144 valence electrons. The lowest BCUT2D eigenvalue weighted by Gasteiger charge is -2.13. The van der Waals surface area contributed by atoms with Gasteiger partial charge in [0.25, 0.3) is 10.0 Å². The number of nitrogens with zero attached hydrogens (tertiary/aromatic N) is 2. The van der Waals surface area contributed by atoms with Crippen molar-refractivity contribution in [2.45, 2.75) is 11.3 Å². The maximum atomic E-state index is 12.7. The van der Waals surface area contributed by atoms with Gasteiger partial charge in [-0.1, -0.05) is 41.9 Å². The molecule has 0 aliphatic heterocycles. The number of anilines is 1. The number of aromatic nitrogens is 1. The van der Waals surface area contributed by atoms with E-state index in [-0.39, 0.29) is 10.9 Å². The van der Waals surface area contributed by atoms with E-state index in [2.05, 4.69) is 20.0 Å². The van der Waals surface area contributed by atoms with E-state index in [1.54, 1.807) is 48.7 Å². The number of halogens is 1. The predicted octanol–water partition coefficient (Wildman–Crippen LogP) is 3.72. The standard InChI is InChI=1S/C20H19ClN4O2S/c21-16-7-6-9-18(15-16)24-20(23-14-12-17-8-4-5-13-22-17)25-28(26,27)19-10-2-1-3-11-19/h1-11,13,15H,12,14H2,(H2,23,24,25). The number of nitrogens with one attached hydrogen (secondary N) is 2. The average Bonchev–Trinajstić information content (AvgIpc) is 2.69. The van der Waals surface area contributed by atoms with Crippen LogP contribution in [-0.2, 0) is 16.4 Å². The topological polar surface area (TPSA) is 83.5 Å². The molecule has 6 nitrogen and oxygen atoms in total. The molecule has 3 rings (SSSR count). The van der Waals surface area contributed by atoms with Gasteiger partial charge in [0.2, 0.25) is 5.96 Å². The van der Waals surface area contributed by atoms with Crippen LogP contribution in [0.1, 0.15) is 5.69 Å². The fourth-order valence-corrected chi connectivity index (χ4v) is 3.61. The summed E-state index contributed by atoms with van der Waals surface area (Å²) in [5.74, 6) is 0.113. The van der Waals surface area contributed by atoms with Crippen LogP contribution in [0.5, 0.6) is 0 Å². The van der Waals surface area contributed by atoms with Crippen LogP contribution in [0.15, 0.2) is 88.9 Å². The maximum absolute atomic E-state index is 12.7. The maximum Gasteiger partial charge on any atom is 0.264 e. The van der Waals surface area contributed by atoms with E-state index in [1.165, 1.54) is 12.1 Å². The van der Waals surface area contributed by atoms with Gasteiger partial charge < -0.3 is 5.32 Å². The molecule has 0 aliphatic rings. The summed E-state index contributed by atoms with van der Waals surface area (Å²) in [6, 6.07) is 20.7. The van der Waals surface area contributed by atoms with Gasteiger partial charge in [0, 0.05) is 35.6 Å². The van der Waals surface area contributed by atoms with Gasteiger partial charge >= 0.3 is 0 Å². The zero-order valence-electron chi connectivity index (χ0n) is 14.9. The zero-order chi connectivity index (χ0) is 19.8. The number of benzene rings is 2. The molecule has 0 saturated heterocycles. The first-order valence-electron chi connectivity index (χ1n) is 8.58. The summed E-state index contributed by atoms with van der Waals surface area (Å²) in [7, 11) is -3.78. The molecule has 2 aromatic carbocycles. The third-order valence-electron chi connectivity index (χ3n) is 3.74. The van der Waals surface area contributed by atoms with Crippen molar-refractivity contribution in [3.63, 3.8) is 0 Å². The van der Waals surface area contributed by atoms with Gasteiger partial charge in [-0.2, -0.15) is 0 Å². The molecule has 2 N–H and O–H groups in total. The molecule has 0 bridgehead atoms. The van der Waals surface area contributed by atoms with Crippen LogP contribution in [0.25, 0.3) is 0 Å². The highest BCUT2D eigenvalue weighted by atomic mass is 35.5. The lowest BCUT2D eigenvalue weighted by molar-refractivity contribution is 0.592. The average molecular weight is 415 g/mol. The number of pyridine rings is 1. The number of hydrogen-bond acceptors (Lipinski definition) is 4. The highest BCUT2D eigenvalue weighted by molar-refractivity contribution is 7.90. The van der Waals surface area contributed by atoms with Crippen LogP contribution in [-0.4, -0.2) is 25.9 Å². The Labute approximate surface area is 169 Å². The van der Waals surface area contributed by atoms with Gasteiger partial charge in [-0.25, -0.2) is 13.1 Å². The van der Waals surface area contributed by atoms with Crippen LogP contribution in [0.3, 0.4) is 0 Å². The number of rotatable bonds is 6. The molecule has 0 aliphatic carbocycles. The molecule has 0 saturated carbocycles. The van der Waals surface area contributed by atoms with Gasteiger partial charge in [0.15, 0.2) is 0 Å². The summed E-state index contributed by atoms with van der Waals surface area (Å²) in [5, 5.41) is 3.52. The SMILES string of the molecule is O=S(=O)(NC(=NCCc1ccccn1)Nc1cccc(Cl)c1)c1ccccc1. The molecule has 1 heterocycles. The van der Waals surface area contributed by atoms with Crippen LogP contribution in [0, 0.1) is 0 Å². The molecule has 0 atom stereocenters. The third-order valence-corrected chi connectivity index (χ3v) is 5.33. The summed E-state index contributed by atoms with van der Waals surface area (Å²) >= 11 is 6.01. The highest BCUT2D eigenvalue weighted by Crippen LogP contribution is 2.15. The molecule has 8 heteroatoms. The normalized spacial score (nSPS) is 11.8. The second kappa shape index (κ2) is 9.34. The van der Waals surface area contributed by atoms with Crippen molar-refractivity contribution < 1.29 is 8.42 Å². The summed E-state index contributed by atoms with van der Waals surface area (Å²) in [4.78, 5) is 8.79. The Kier molecular flexibility index (Phi) is 6.62. The Morgan fingerprint density at radius 3 is 2.50 bits per heavy atom. The van der Waals surface area contributed by atoms with Crippen molar-refractivity contribution in [3.05, 3.63) is 89.7 Å². The molecule has 3 aromatic rings. The Bertz CT molecular complexity index is 1040. The summed E-state index contributed by atoms with van der Waals surface area (Å²) in [6.45, 7) is 0.358. The molecular formula is C20H19ClN4O2S. The largest absolute Gasteiger partial charge is 0.325 e. The minimum atomic E-state index is -3.78. The number of sulfonamides is 1. The van der Waals surface area contributed by atoms with Crippen LogP contribution in [0.4, 0.5) is 5.69 Å². The van der Waals surface area contributed by atoms with E-state index in [0.29, 0.717) is 23.7 Å². The first-order valence-corrected chi connectivity index (χ1v) is 10.4. The number of hydrogen-bond donors (Lipinski definition) is 2. The minimum Gasteiger partial charge on any atom is -0.325 e. The molecule has 1 aromatic heterocycles. The van der Waals surface area contributed by atoms with Crippen molar-refractivity contribution in [2.24, 2.45) is 4.99 Å². The van der Waals surface area contributed by atoms with Crippen molar-refractivity contribution in [1.82, 2.24) is 9.71 Å².